The van der Waals surface area contributed by atoms with Crippen molar-refractivity contribution in [3.8, 4) is 11.1 Å². The van der Waals surface area contributed by atoms with Crippen LogP contribution in [0.4, 0.5) is 105 Å². The van der Waals surface area contributed by atoms with Gasteiger partial charge in [0.1, 0.15) is 6.15 Å². The zero-order valence-corrected chi connectivity index (χ0v) is 51.9. The van der Waals surface area contributed by atoms with E-state index in [2.05, 4.69) is 105 Å². The Kier molecular flexibility index (Phi) is 24.3. The predicted molar refractivity (Wildman–Crippen MR) is 298 cm³/mol. The van der Waals surface area contributed by atoms with Crippen LogP contribution in [-0.4, -0.2) is 24.6 Å². The summed E-state index contributed by atoms with van der Waals surface area (Å²) in [4.78, 5) is 0.951. The first-order chi connectivity index (χ1) is 40.4. The Morgan fingerprint density at radius 3 is 0.800 bits per heavy atom. The Labute approximate surface area is 523 Å². The van der Waals surface area contributed by atoms with Crippen LogP contribution in [0.25, 0.3) is 11.1 Å². The van der Waals surface area contributed by atoms with Gasteiger partial charge in [0.2, 0.25) is 0 Å². The minimum atomic E-state index is -6.13. The third-order valence-corrected chi connectivity index (χ3v) is 17.8. The van der Waals surface area contributed by atoms with Gasteiger partial charge >= 0.3 is 68.9 Å². The van der Waals surface area contributed by atoms with Gasteiger partial charge < -0.3 is 12.6 Å². The van der Waals surface area contributed by atoms with Gasteiger partial charge in [0.05, 0.1) is 44.5 Å². The standard InChI is InChI=1S/C32H12BF24.C24H26S.C6H15P.Ru/c34-25(35,36)13-1-14(26(37,38)39)6-21(5-13)33(22-7-15(27(40,41)42)2-16(8-22)28(43,44)45,23-9-17(29(46,47)48)3-18(10-23)30(49,50)51)24-11-19(31(52,53)54)4-20(12-24)32(55,56)57;1-14-10-16(3)22(17(4)11-14)20-8-7-9-21(24(20)25)23-18(5)12-15(2)13-19(23)6;1-4-7(5-2)6-3;/h1-12H;7-13,25H,1-6H3;4-6H2,1-3H3;/q-1;;;+2/p-1. The van der Waals surface area contributed by atoms with Crippen LogP contribution in [-0.2, 0) is 81.5 Å². The summed E-state index contributed by atoms with van der Waals surface area (Å²) >= 11 is 5.96. The predicted octanol–water partition coefficient (Wildman–Crippen LogP) is 20.1. The summed E-state index contributed by atoms with van der Waals surface area (Å²) in [6, 6.07) is 2.14. The van der Waals surface area contributed by atoms with Crippen LogP contribution in [0.3, 0.4) is 0 Å². The van der Waals surface area contributed by atoms with E-state index in [4.69, 9.17) is 12.6 Å². The zero-order chi connectivity index (χ0) is 67.9. The summed E-state index contributed by atoms with van der Waals surface area (Å²) in [7, 11) is 0.446. The van der Waals surface area contributed by atoms with Gasteiger partial charge in [0.15, 0.2) is 0 Å². The Balaban J connectivity index is 0.000000429. The van der Waals surface area contributed by atoms with Crippen LogP contribution < -0.4 is 21.9 Å². The van der Waals surface area contributed by atoms with Gasteiger partial charge in [0.25, 0.3) is 0 Å². The van der Waals surface area contributed by atoms with Crippen LogP contribution in [0, 0.1) is 57.3 Å². The number of alkyl halides is 24. The van der Waals surface area contributed by atoms with Gasteiger partial charge in [-0.25, -0.2) is 0 Å². The number of halogens is 24. The van der Waals surface area contributed by atoms with Gasteiger partial charge in [-0.1, -0.05) is 132 Å². The Hall–Kier alpha value is -5.02. The molecule has 0 nitrogen and oxygen atoms in total. The van der Waals surface area contributed by atoms with E-state index >= 15 is 0 Å². The van der Waals surface area contributed by atoms with Crippen LogP contribution in [0.5, 0.6) is 0 Å². The second-order valence-electron chi connectivity index (χ2n) is 21.1. The summed E-state index contributed by atoms with van der Waals surface area (Å²) in [6.07, 6.45) is -46.1. The van der Waals surface area contributed by atoms with Crippen LogP contribution >= 0.6 is 7.92 Å². The molecule has 0 aromatic heterocycles. The van der Waals surface area contributed by atoms with E-state index in [0.717, 1.165) is 4.90 Å². The summed E-state index contributed by atoms with van der Waals surface area (Å²) in [5, 5.41) is 0. The van der Waals surface area contributed by atoms with Crippen LogP contribution in [0.15, 0.2) is 108 Å². The third kappa shape index (κ3) is 18.2. The average Bonchev–Trinajstić information content (AvgIpc) is 0.711. The van der Waals surface area contributed by atoms with E-state index in [9.17, 15) is 105 Å². The average molecular weight is 1430 g/mol. The Morgan fingerprint density at radius 1 is 0.356 bits per heavy atom. The fourth-order valence-electron chi connectivity index (χ4n) is 10.9. The second kappa shape index (κ2) is 28.3. The van der Waals surface area contributed by atoms with E-state index in [-0.39, 0.29) is 19.5 Å². The third-order valence-electron chi connectivity index (χ3n) is 14.7. The molecule has 0 spiro atoms. The van der Waals surface area contributed by atoms with Crippen molar-refractivity contribution in [1.29, 1.82) is 0 Å². The first-order valence-electron chi connectivity index (χ1n) is 26.4. The van der Waals surface area contributed by atoms with Gasteiger partial charge in [0, 0.05) is 5.92 Å². The Bertz CT molecular complexity index is 2960. The molecule has 0 heterocycles. The number of benzene rings is 6. The molecule has 90 heavy (non-hydrogen) atoms. The molecule has 6 aromatic rings. The number of hydrogen-bond acceptors (Lipinski definition) is 1. The quantitative estimate of drug-likeness (QED) is 0.0602. The van der Waals surface area contributed by atoms with Crippen molar-refractivity contribution in [3.05, 3.63) is 206 Å². The molecule has 0 unspecified atom stereocenters. The number of aryl methyl sites for hydroxylation is 3. The summed E-state index contributed by atoms with van der Waals surface area (Å²) in [5.41, 5.74) is -22.7. The maximum atomic E-state index is 14.2. The van der Waals surface area contributed by atoms with Crippen molar-refractivity contribution in [2.75, 3.05) is 18.5 Å². The van der Waals surface area contributed by atoms with Crippen LogP contribution in [0.2, 0.25) is 0 Å². The molecule has 1 fully saturated rings. The number of rotatable bonds is 9. The monoisotopic (exact) mass is 1430 g/mol. The van der Waals surface area contributed by atoms with E-state index in [1.165, 1.54) is 75.5 Å². The van der Waals surface area contributed by atoms with Crippen molar-refractivity contribution in [2.45, 2.75) is 117 Å². The number of hydrogen-bond donors (Lipinski definition) is 0. The van der Waals surface area contributed by atoms with Crippen LogP contribution in [0.1, 0.15) is 108 Å². The molecule has 490 valence electrons. The van der Waals surface area contributed by atoms with E-state index in [1.54, 1.807) is 0 Å². The summed E-state index contributed by atoms with van der Waals surface area (Å²) in [6.45, 7) is 19.9. The summed E-state index contributed by atoms with van der Waals surface area (Å²) in [5.74, 6) is 5.15. The fraction of sp³-hybridized carbons (Fsp3) is 0.323. The molecule has 1 aliphatic carbocycles. The molecule has 0 bridgehead atoms. The Morgan fingerprint density at radius 2 is 0.589 bits per heavy atom. The summed E-state index contributed by atoms with van der Waals surface area (Å²) < 4.78 is 341. The van der Waals surface area contributed by atoms with Crippen molar-refractivity contribution in [1.82, 2.24) is 0 Å². The molecule has 7 rings (SSSR count). The SMILES string of the molecule is CCP(CC)CC.C[C]1[CH][C](C)[C](c2cccc(-c3c(C)cc(C)cc3C)c2[S-])[C](C)[CH]1.FC(F)(F)c1cc([B-](c2cc(C(F)(F)F)cc(C(F)(F)F)c2)(c2cc(C(F)(F)F)cc(C(F)(F)F)c2)c2cc(C(F)(F)F)cc(C(F)(F)F)c2)cc(C(F)(F)F)c1.[Ru+2]. The molecular formula is C62H52BF24PRuS. The molecular weight excluding hydrogens is 1380 g/mol. The maximum absolute atomic E-state index is 14.2. The molecule has 0 amide bonds. The van der Waals surface area contributed by atoms with Gasteiger partial charge in [-0.3, -0.25) is 0 Å². The minimum absolute atomic E-state index is 0. The molecule has 0 aliphatic heterocycles. The first kappa shape index (κ1) is 77.4. The maximum Gasteiger partial charge on any atom is 2.00 e. The molecule has 0 saturated heterocycles. The topological polar surface area (TPSA) is 0 Å². The largest absolute Gasteiger partial charge is 2.00 e. The van der Waals surface area contributed by atoms with E-state index in [1.807, 2.05) is 0 Å². The van der Waals surface area contributed by atoms with E-state index in [0.29, 0.717) is 7.92 Å². The smallest absolute Gasteiger partial charge is 0.779 e. The molecule has 0 atom stereocenters. The van der Waals surface area contributed by atoms with Crippen molar-refractivity contribution in [3.63, 3.8) is 0 Å². The minimum Gasteiger partial charge on any atom is -0.779 e. The molecule has 6 radical (unpaired) electrons. The zero-order valence-electron chi connectivity index (χ0n) is 48.4. The molecule has 6 aromatic carbocycles. The van der Waals surface area contributed by atoms with E-state index < -0.39 is 195 Å². The van der Waals surface area contributed by atoms with Crippen molar-refractivity contribution >= 4 is 48.5 Å². The second-order valence-corrected chi connectivity index (χ2v) is 24.7. The van der Waals surface area contributed by atoms with Gasteiger partial charge in [-0.15, -0.1) is 7.92 Å². The van der Waals surface area contributed by atoms with Gasteiger partial charge in [-0.05, 0) is 116 Å². The van der Waals surface area contributed by atoms with Gasteiger partial charge in [-0.2, -0.15) is 132 Å². The molecule has 28 heteroatoms. The first-order valence-corrected chi connectivity index (χ1v) is 28.8. The van der Waals surface area contributed by atoms with Crippen molar-refractivity contribution in [2.24, 2.45) is 0 Å². The molecule has 1 saturated carbocycles. The molecule has 0 N–H and O–H groups in total. The normalized spacial score (nSPS) is 14.9. The fourth-order valence-corrected chi connectivity index (χ4v) is 12.6. The molecule has 1 aliphatic rings. The van der Waals surface area contributed by atoms with Crippen molar-refractivity contribution < 1.29 is 125 Å².